The summed E-state index contributed by atoms with van der Waals surface area (Å²) in [6.45, 7) is 6.76. The Morgan fingerprint density at radius 2 is 1.35 bits per heavy atom. The van der Waals surface area contributed by atoms with Crippen molar-refractivity contribution in [1.29, 1.82) is 0 Å². The molecule has 5 rings (SSSR count). The Balaban J connectivity index is 2.01. The van der Waals surface area contributed by atoms with E-state index in [4.69, 9.17) is 5.73 Å². The lowest BCUT2D eigenvalue weighted by atomic mass is 9.79. The number of rotatable bonds is 1. The van der Waals surface area contributed by atoms with Gasteiger partial charge < -0.3 is 5.73 Å². The molecule has 2 N–H and O–H groups in total. The Morgan fingerprint density at radius 3 is 2.00 bits per heavy atom. The Bertz CT molecular complexity index is 1180. The van der Waals surface area contributed by atoms with Crippen molar-refractivity contribution in [3.05, 3.63) is 83.4 Å². The van der Waals surface area contributed by atoms with Gasteiger partial charge in [-0.05, 0) is 56.3 Å². The molecule has 0 heterocycles. The molecule has 0 amide bonds. The second-order valence-electron chi connectivity index (χ2n) is 8.06. The van der Waals surface area contributed by atoms with E-state index in [1.165, 1.54) is 49.4 Å². The second kappa shape index (κ2) is 5.18. The maximum absolute atomic E-state index is 6.18. The van der Waals surface area contributed by atoms with Crippen LogP contribution >= 0.6 is 0 Å². The van der Waals surface area contributed by atoms with Gasteiger partial charge in [-0.1, -0.05) is 80.6 Å². The SMILES string of the molecule is CC(N)c1ccc2c(c1)C(C)(C)c1c-2c2ccccc2c2ccccc12. The predicted molar refractivity (Wildman–Crippen MR) is 112 cm³/mol. The van der Waals surface area contributed by atoms with E-state index in [0.29, 0.717) is 0 Å². The normalized spacial score (nSPS) is 15.8. The standard InChI is InChI=1S/C25H23N/c1-15(26)16-12-13-21-22(14-16)25(2,3)24-20-11-7-5-9-18(20)17-8-4-6-10-19(17)23(21)24/h4-15H,26H2,1-3H3. The van der Waals surface area contributed by atoms with Gasteiger partial charge in [0.25, 0.3) is 0 Å². The molecular weight excluding hydrogens is 314 g/mol. The molecule has 4 aromatic carbocycles. The van der Waals surface area contributed by atoms with Gasteiger partial charge in [-0.15, -0.1) is 0 Å². The summed E-state index contributed by atoms with van der Waals surface area (Å²) in [7, 11) is 0. The molecule has 0 aromatic heterocycles. The van der Waals surface area contributed by atoms with Crippen molar-refractivity contribution in [2.24, 2.45) is 5.73 Å². The monoisotopic (exact) mass is 337 g/mol. The zero-order chi connectivity index (χ0) is 18.1. The molecule has 26 heavy (non-hydrogen) atoms. The molecule has 0 saturated carbocycles. The largest absolute Gasteiger partial charge is 0.324 e. The van der Waals surface area contributed by atoms with Crippen LogP contribution in [0.4, 0.5) is 0 Å². The van der Waals surface area contributed by atoms with Crippen LogP contribution in [0.25, 0.3) is 32.7 Å². The summed E-state index contributed by atoms with van der Waals surface area (Å²) in [6.07, 6.45) is 0. The number of hydrogen-bond acceptors (Lipinski definition) is 1. The third kappa shape index (κ3) is 1.89. The minimum absolute atomic E-state index is 0.0425. The van der Waals surface area contributed by atoms with Crippen molar-refractivity contribution in [1.82, 2.24) is 0 Å². The van der Waals surface area contributed by atoms with Crippen LogP contribution in [0.15, 0.2) is 66.7 Å². The van der Waals surface area contributed by atoms with Crippen LogP contribution in [0.5, 0.6) is 0 Å². The summed E-state index contributed by atoms with van der Waals surface area (Å²) in [5, 5.41) is 5.39. The Kier molecular flexibility index (Phi) is 3.11. The molecule has 0 fully saturated rings. The van der Waals surface area contributed by atoms with Crippen molar-refractivity contribution in [2.45, 2.75) is 32.2 Å². The van der Waals surface area contributed by atoms with Crippen molar-refractivity contribution < 1.29 is 0 Å². The van der Waals surface area contributed by atoms with E-state index < -0.39 is 0 Å². The average Bonchev–Trinajstić information content (AvgIpc) is 2.89. The van der Waals surface area contributed by atoms with Crippen LogP contribution in [0.3, 0.4) is 0 Å². The summed E-state index contributed by atoms with van der Waals surface area (Å²) in [5.41, 5.74) is 12.9. The number of hydrogen-bond donors (Lipinski definition) is 1. The van der Waals surface area contributed by atoms with Gasteiger partial charge in [-0.2, -0.15) is 0 Å². The maximum atomic E-state index is 6.18. The fraction of sp³-hybridized carbons (Fsp3) is 0.200. The molecule has 0 saturated heterocycles. The highest BCUT2D eigenvalue weighted by atomic mass is 14.6. The lowest BCUT2D eigenvalue weighted by Crippen LogP contribution is -2.16. The number of benzene rings is 4. The fourth-order valence-corrected chi connectivity index (χ4v) is 4.79. The molecule has 0 radical (unpaired) electrons. The molecule has 0 spiro atoms. The Labute approximate surface area is 154 Å². The summed E-state index contributed by atoms with van der Waals surface area (Å²) in [5.74, 6) is 0. The fourth-order valence-electron chi connectivity index (χ4n) is 4.79. The summed E-state index contributed by atoms with van der Waals surface area (Å²) in [6, 6.07) is 24.5. The van der Waals surface area contributed by atoms with E-state index in [-0.39, 0.29) is 11.5 Å². The van der Waals surface area contributed by atoms with E-state index >= 15 is 0 Å². The van der Waals surface area contributed by atoms with Crippen molar-refractivity contribution in [3.8, 4) is 11.1 Å². The molecule has 1 unspecified atom stereocenters. The summed E-state index contributed by atoms with van der Waals surface area (Å²) < 4.78 is 0. The van der Waals surface area contributed by atoms with Gasteiger partial charge in [0.15, 0.2) is 0 Å². The van der Waals surface area contributed by atoms with Gasteiger partial charge >= 0.3 is 0 Å². The third-order valence-electron chi connectivity index (χ3n) is 6.07. The van der Waals surface area contributed by atoms with Crippen molar-refractivity contribution >= 4 is 21.5 Å². The smallest absolute Gasteiger partial charge is 0.0266 e. The van der Waals surface area contributed by atoms with Gasteiger partial charge in [0.1, 0.15) is 0 Å². The second-order valence-corrected chi connectivity index (χ2v) is 8.06. The molecule has 4 aromatic rings. The molecule has 0 bridgehead atoms. The van der Waals surface area contributed by atoms with E-state index in [1.54, 1.807) is 0 Å². The first-order valence-corrected chi connectivity index (χ1v) is 9.34. The first kappa shape index (κ1) is 15.6. The zero-order valence-corrected chi connectivity index (χ0v) is 15.5. The maximum Gasteiger partial charge on any atom is 0.0266 e. The predicted octanol–water partition coefficient (Wildman–Crippen LogP) is 6.32. The van der Waals surface area contributed by atoms with E-state index in [2.05, 4.69) is 87.5 Å². The first-order chi connectivity index (χ1) is 12.5. The highest BCUT2D eigenvalue weighted by Gasteiger charge is 2.38. The molecule has 1 aliphatic rings. The zero-order valence-electron chi connectivity index (χ0n) is 15.5. The Hall–Kier alpha value is -2.64. The highest BCUT2D eigenvalue weighted by Crippen LogP contribution is 2.54. The molecular formula is C25H23N. The van der Waals surface area contributed by atoms with Crippen LogP contribution in [-0.2, 0) is 5.41 Å². The van der Waals surface area contributed by atoms with Crippen LogP contribution < -0.4 is 5.73 Å². The minimum atomic E-state index is -0.0425. The van der Waals surface area contributed by atoms with Gasteiger partial charge in [-0.25, -0.2) is 0 Å². The first-order valence-electron chi connectivity index (χ1n) is 9.34. The molecule has 1 aliphatic carbocycles. The van der Waals surface area contributed by atoms with Crippen LogP contribution in [-0.4, -0.2) is 0 Å². The topological polar surface area (TPSA) is 26.0 Å². The van der Waals surface area contributed by atoms with E-state index in [1.807, 2.05) is 0 Å². The summed E-state index contributed by atoms with van der Waals surface area (Å²) in [4.78, 5) is 0. The van der Waals surface area contributed by atoms with Crippen LogP contribution in [0.2, 0.25) is 0 Å². The van der Waals surface area contributed by atoms with Gasteiger partial charge in [-0.3, -0.25) is 0 Å². The summed E-state index contributed by atoms with van der Waals surface area (Å²) >= 11 is 0. The minimum Gasteiger partial charge on any atom is -0.324 e. The highest BCUT2D eigenvalue weighted by molar-refractivity contribution is 6.18. The molecule has 0 aliphatic heterocycles. The third-order valence-corrected chi connectivity index (χ3v) is 6.07. The van der Waals surface area contributed by atoms with Gasteiger partial charge in [0.05, 0.1) is 0 Å². The average molecular weight is 337 g/mol. The van der Waals surface area contributed by atoms with E-state index in [0.717, 1.165) is 0 Å². The Morgan fingerprint density at radius 1 is 0.769 bits per heavy atom. The molecule has 1 nitrogen and oxygen atoms in total. The molecule has 1 heteroatoms. The van der Waals surface area contributed by atoms with Gasteiger partial charge in [0.2, 0.25) is 0 Å². The van der Waals surface area contributed by atoms with Crippen molar-refractivity contribution in [3.63, 3.8) is 0 Å². The van der Waals surface area contributed by atoms with Crippen molar-refractivity contribution in [2.75, 3.05) is 0 Å². The van der Waals surface area contributed by atoms with Crippen LogP contribution in [0, 0.1) is 0 Å². The molecule has 1 atom stereocenters. The quantitative estimate of drug-likeness (QED) is 0.404. The number of fused-ring (bicyclic) bond motifs is 8. The van der Waals surface area contributed by atoms with Gasteiger partial charge in [0, 0.05) is 11.5 Å². The lowest BCUT2D eigenvalue weighted by Gasteiger charge is -2.24. The van der Waals surface area contributed by atoms with Crippen LogP contribution in [0.1, 0.15) is 43.5 Å². The lowest BCUT2D eigenvalue weighted by molar-refractivity contribution is 0.663. The molecule has 128 valence electrons. The van der Waals surface area contributed by atoms with E-state index in [9.17, 15) is 0 Å². The number of nitrogens with two attached hydrogens (primary N) is 1.